The van der Waals surface area contributed by atoms with Crippen LogP contribution in [-0.4, -0.2) is 52.6 Å². The lowest BCUT2D eigenvalue weighted by molar-refractivity contribution is 0.122. The molecule has 3 rings (SSSR count). The fourth-order valence-electron chi connectivity index (χ4n) is 2.32. The van der Waals surface area contributed by atoms with E-state index in [1.54, 1.807) is 6.33 Å². The molecule has 1 fully saturated rings. The van der Waals surface area contributed by atoms with Gasteiger partial charge in [-0.2, -0.15) is 5.10 Å². The number of aryl methyl sites for hydroxylation is 1. The maximum atomic E-state index is 5.36. The number of hydrogen-bond donors (Lipinski definition) is 1. The van der Waals surface area contributed by atoms with Crippen LogP contribution >= 0.6 is 0 Å². The van der Waals surface area contributed by atoms with E-state index in [1.165, 1.54) is 0 Å². The van der Waals surface area contributed by atoms with E-state index in [0.717, 1.165) is 56.6 Å². The van der Waals surface area contributed by atoms with E-state index < -0.39 is 0 Å². The third kappa shape index (κ3) is 3.69. The number of nitrogens with zero attached hydrogens (tertiary/aromatic N) is 5. The molecule has 0 aliphatic carbocycles. The number of nitrogens with one attached hydrogen (secondary N) is 1. The van der Waals surface area contributed by atoms with Gasteiger partial charge in [-0.05, 0) is 6.07 Å². The standard InChI is InChI=1S/C14H20N6O/c1-19-5-3-12(18-19)2-4-15-13-10-14(17-11-16-13)20-6-8-21-9-7-20/h3,5,10-11H,2,4,6-9H2,1H3,(H,15,16,17). The second-order valence-corrected chi connectivity index (χ2v) is 5.02. The quantitative estimate of drug-likeness (QED) is 0.873. The Bertz CT molecular complexity index is 578. The number of aromatic nitrogens is 4. The lowest BCUT2D eigenvalue weighted by atomic mass is 10.3. The number of morpholine rings is 1. The van der Waals surface area contributed by atoms with Gasteiger partial charge in [-0.3, -0.25) is 4.68 Å². The first-order chi connectivity index (χ1) is 10.3. The number of ether oxygens (including phenoxy) is 1. The molecule has 0 atom stereocenters. The molecule has 112 valence electrons. The van der Waals surface area contributed by atoms with Crippen molar-refractivity contribution in [3.63, 3.8) is 0 Å². The molecule has 0 aromatic carbocycles. The Morgan fingerprint density at radius 2 is 2.14 bits per heavy atom. The summed E-state index contributed by atoms with van der Waals surface area (Å²) in [5.74, 6) is 1.80. The molecule has 0 amide bonds. The lowest BCUT2D eigenvalue weighted by Crippen LogP contribution is -2.36. The van der Waals surface area contributed by atoms with E-state index in [4.69, 9.17) is 4.74 Å². The monoisotopic (exact) mass is 288 g/mol. The minimum absolute atomic E-state index is 0.756. The average molecular weight is 288 g/mol. The van der Waals surface area contributed by atoms with E-state index in [-0.39, 0.29) is 0 Å². The van der Waals surface area contributed by atoms with Crippen molar-refractivity contribution < 1.29 is 4.74 Å². The summed E-state index contributed by atoms with van der Waals surface area (Å²) in [6.07, 6.45) is 4.43. The molecule has 7 nitrogen and oxygen atoms in total. The van der Waals surface area contributed by atoms with Gasteiger partial charge in [0.05, 0.1) is 18.9 Å². The first-order valence-corrected chi connectivity index (χ1v) is 7.18. The zero-order valence-corrected chi connectivity index (χ0v) is 12.2. The van der Waals surface area contributed by atoms with Crippen molar-refractivity contribution in [3.8, 4) is 0 Å². The summed E-state index contributed by atoms with van der Waals surface area (Å²) in [6, 6.07) is 4.02. The summed E-state index contributed by atoms with van der Waals surface area (Å²) in [5.41, 5.74) is 1.08. The molecule has 0 radical (unpaired) electrons. The molecule has 1 N–H and O–H groups in total. The maximum Gasteiger partial charge on any atom is 0.134 e. The summed E-state index contributed by atoms with van der Waals surface area (Å²) in [7, 11) is 1.93. The van der Waals surface area contributed by atoms with E-state index in [1.807, 2.05) is 30.1 Å². The Morgan fingerprint density at radius 3 is 2.90 bits per heavy atom. The normalized spacial score (nSPS) is 15.2. The Hall–Kier alpha value is -2.15. The summed E-state index contributed by atoms with van der Waals surface area (Å²) in [6.45, 7) is 4.07. The van der Waals surface area contributed by atoms with Gasteiger partial charge in [-0.25, -0.2) is 9.97 Å². The minimum atomic E-state index is 0.756. The van der Waals surface area contributed by atoms with Crippen LogP contribution in [0.15, 0.2) is 24.7 Å². The molecule has 0 saturated carbocycles. The fourth-order valence-corrected chi connectivity index (χ4v) is 2.32. The summed E-state index contributed by atoms with van der Waals surface area (Å²) in [4.78, 5) is 10.8. The first kappa shape index (κ1) is 13.8. The molecule has 0 spiro atoms. The van der Waals surface area contributed by atoms with E-state index in [9.17, 15) is 0 Å². The molecule has 7 heteroatoms. The SMILES string of the molecule is Cn1ccc(CCNc2cc(N3CCOCC3)ncn2)n1. The molecule has 1 saturated heterocycles. The summed E-state index contributed by atoms with van der Waals surface area (Å²) in [5, 5.41) is 7.68. The third-order valence-corrected chi connectivity index (χ3v) is 3.44. The van der Waals surface area contributed by atoms with Gasteiger partial charge in [0.25, 0.3) is 0 Å². The Balaban J connectivity index is 1.55. The van der Waals surface area contributed by atoms with E-state index >= 15 is 0 Å². The number of rotatable bonds is 5. The van der Waals surface area contributed by atoms with Gasteiger partial charge in [0.1, 0.15) is 18.0 Å². The Kier molecular flexibility index (Phi) is 4.30. The minimum Gasteiger partial charge on any atom is -0.378 e. The highest BCUT2D eigenvalue weighted by atomic mass is 16.5. The predicted octanol–water partition coefficient (Wildman–Crippen LogP) is 0.701. The van der Waals surface area contributed by atoms with Crippen molar-refractivity contribution in [2.24, 2.45) is 7.05 Å². The molecule has 2 aromatic rings. The number of hydrogen-bond acceptors (Lipinski definition) is 6. The van der Waals surface area contributed by atoms with Gasteiger partial charge in [-0.1, -0.05) is 0 Å². The molecule has 0 unspecified atom stereocenters. The predicted molar refractivity (Wildman–Crippen MR) is 80.5 cm³/mol. The zero-order chi connectivity index (χ0) is 14.5. The van der Waals surface area contributed by atoms with Gasteiger partial charge in [-0.15, -0.1) is 0 Å². The van der Waals surface area contributed by atoms with Gasteiger partial charge >= 0.3 is 0 Å². The molecular weight excluding hydrogens is 268 g/mol. The zero-order valence-electron chi connectivity index (χ0n) is 12.2. The van der Waals surface area contributed by atoms with E-state index in [2.05, 4.69) is 25.3 Å². The summed E-state index contributed by atoms with van der Waals surface area (Å²) >= 11 is 0. The highest BCUT2D eigenvalue weighted by Crippen LogP contribution is 2.15. The highest BCUT2D eigenvalue weighted by Gasteiger charge is 2.12. The smallest absolute Gasteiger partial charge is 0.134 e. The maximum absolute atomic E-state index is 5.36. The number of anilines is 2. The highest BCUT2D eigenvalue weighted by molar-refractivity contribution is 5.48. The average Bonchev–Trinajstić information content (AvgIpc) is 2.94. The first-order valence-electron chi connectivity index (χ1n) is 7.18. The van der Waals surface area contributed by atoms with Crippen molar-refractivity contribution in [3.05, 3.63) is 30.4 Å². The van der Waals surface area contributed by atoms with Crippen LogP contribution in [0.3, 0.4) is 0 Å². The van der Waals surface area contributed by atoms with Crippen LogP contribution in [0.1, 0.15) is 5.69 Å². The lowest BCUT2D eigenvalue weighted by Gasteiger charge is -2.27. The van der Waals surface area contributed by atoms with Crippen molar-refractivity contribution in [1.29, 1.82) is 0 Å². The van der Waals surface area contributed by atoms with Crippen LogP contribution in [0.4, 0.5) is 11.6 Å². The largest absolute Gasteiger partial charge is 0.378 e. The topological polar surface area (TPSA) is 68.1 Å². The second-order valence-electron chi connectivity index (χ2n) is 5.02. The van der Waals surface area contributed by atoms with Gasteiger partial charge in [0.15, 0.2) is 0 Å². The molecule has 1 aliphatic rings. The Morgan fingerprint density at radius 1 is 1.29 bits per heavy atom. The van der Waals surface area contributed by atoms with Crippen molar-refractivity contribution in [2.45, 2.75) is 6.42 Å². The van der Waals surface area contributed by atoms with Crippen molar-refractivity contribution >= 4 is 11.6 Å². The molecule has 0 bridgehead atoms. The molecule has 3 heterocycles. The van der Waals surface area contributed by atoms with E-state index in [0.29, 0.717) is 0 Å². The van der Waals surface area contributed by atoms with Gasteiger partial charge in [0, 0.05) is 45.4 Å². The fraction of sp³-hybridized carbons (Fsp3) is 0.500. The van der Waals surface area contributed by atoms with Crippen LogP contribution in [0, 0.1) is 0 Å². The second kappa shape index (κ2) is 6.53. The van der Waals surface area contributed by atoms with Crippen LogP contribution in [-0.2, 0) is 18.2 Å². The van der Waals surface area contributed by atoms with Crippen molar-refractivity contribution in [1.82, 2.24) is 19.7 Å². The molecule has 1 aliphatic heterocycles. The third-order valence-electron chi connectivity index (χ3n) is 3.44. The van der Waals surface area contributed by atoms with Crippen LogP contribution in [0.2, 0.25) is 0 Å². The van der Waals surface area contributed by atoms with Crippen LogP contribution < -0.4 is 10.2 Å². The van der Waals surface area contributed by atoms with Gasteiger partial charge < -0.3 is 15.0 Å². The van der Waals surface area contributed by atoms with Crippen LogP contribution in [0.5, 0.6) is 0 Å². The molecular formula is C14H20N6O. The van der Waals surface area contributed by atoms with Crippen LogP contribution in [0.25, 0.3) is 0 Å². The Labute approximate surface area is 124 Å². The summed E-state index contributed by atoms with van der Waals surface area (Å²) < 4.78 is 7.17. The molecule has 21 heavy (non-hydrogen) atoms. The van der Waals surface area contributed by atoms with Gasteiger partial charge in [0.2, 0.25) is 0 Å². The van der Waals surface area contributed by atoms with Crippen molar-refractivity contribution in [2.75, 3.05) is 43.1 Å². The molecule has 2 aromatic heterocycles.